The molecule has 0 atom stereocenters. The molecule has 1 heterocycles. The molecule has 0 radical (unpaired) electrons. The summed E-state index contributed by atoms with van der Waals surface area (Å²) in [5, 5.41) is 16.0. The SMILES string of the molecule is O=C(N/N=C/c1ccc(Oc2ccc(C(F)(F)F)cc2[N+](=O)[O-])cc1)c1cc(-c2ccccc2)nc2ccccc12. The molecule has 204 valence electrons. The Labute approximate surface area is 230 Å². The fourth-order valence-electron chi connectivity index (χ4n) is 4.02. The molecule has 5 rings (SSSR count). The van der Waals surface area contributed by atoms with Crippen LogP contribution in [-0.2, 0) is 6.18 Å². The van der Waals surface area contributed by atoms with E-state index < -0.39 is 28.3 Å². The standard InChI is InChI=1S/C30H19F3N4O4/c31-30(32,33)21-12-15-28(27(16-21)37(39)40)41-22-13-10-19(11-14-22)18-34-36-29(38)24-17-26(20-6-2-1-3-7-20)35-25-9-5-4-8-23(24)25/h1-18H,(H,36,38)/b34-18+. The molecule has 0 unspecified atom stereocenters. The van der Waals surface area contributed by atoms with Crippen molar-refractivity contribution in [1.82, 2.24) is 10.4 Å². The number of carbonyl (C=O) groups is 1. The highest BCUT2D eigenvalue weighted by atomic mass is 19.4. The van der Waals surface area contributed by atoms with E-state index in [9.17, 15) is 28.1 Å². The minimum Gasteiger partial charge on any atom is -0.450 e. The van der Waals surface area contributed by atoms with Gasteiger partial charge in [0.05, 0.1) is 33.5 Å². The number of aromatic nitrogens is 1. The molecule has 0 aliphatic carbocycles. The Morgan fingerprint density at radius 3 is 2.34 bits per heavy atom. The Bertz CT molecular complexity index is 1770. The lowest BCUT2D eigenvalue weighted by Gasteiger charge is -2.10. The predicted octanol–water partition coefficient (Wildman–Crippen LogP) is 7.39. The zero-order valence-corrected chi connectivity index (χ0v) is 21.0. The fourth-order valence-corrected chi connectivity index (χ4v) is 4.02. The van der Waals surface area contributed by atoms with Gasteiger partial charge in [0.15, 0.2) is 0 Å². The molecular weight excluding hydrogens is 537 g/mol. The van der Waals surface area contributed by atoms with Gasteiger partial charge in [-0.3, -0.25) is 14.9 Å². The van der Waals surface area contributed by atoms with E-state index >= 15 is 0 Å². The van der Waals surface area contributed by atoms with Crippen LogP contribution in [0, 0.1) is 10.1 Å². The molecule has 0 fully saturated rings. The highest BCUT2D eigenvalue weighted by Crippen LogP contribution is 2.37. The smallest absolute Gasteiger partial charge is 0.416 e. The molecule has 5 aromatic rings. The van der Waals surface area contributed by atoms with Crippen molar-refractivity contribution in [3.05, 3.63) is 130 Å². The summed E-state index contributed by atoms with van der Waals surface area (Å²) < 4.78 is 44.3. The van der Waals surface area contributed by atoms with Crippen molar-refractivity contribution in [3.63, 3.8) is 0 Å². The lowest BCUT2D eigenvalue weighted by atomic mass is 10.0. The van der Waals surface area contributed by atoms with Gasteiger partial charge in [-0.1, -0.05) is 48.5 Å². The van der Waals surface area contributed by atoms with E-state index in [0.29, 0.717) is 39.9 Å². The Morgan fingerprint density at radius 2 is 1.63 bits per heavy atom. The van der Waals surface area contributed by atoms with Crippen LogP contribution in [0.5, 0.6) is 11.5 Å². The largest absolute Gasteiger partial charge is 0.450 e. The lowest BCUT2D eigenvalue weighted by Crippen LogP contribution is -2.18. The third kappa shape index (κ3) is 6.19. The van der Waals surface area contributed by atoms with E-state index in [-0.39, 0.29) is 11.5 Å². The van der Waals surface area contributed by atoms with Crippen LogP contribution in [0.2, 0.25) is 0 Å². The number of ether oxygens (including phenoxy) is 1. The Balaban J connectivity index is 1.30. The number of rotatable bonds is 7. The molecule has 1 N–H and O–H groups in total. The minimum atomic E-state index is -4.73. The van der Waals surface area contributed by atoms with Crippen LogP contribution in [0.1, 0.15) is 21.5 Å². The summed E-state index contributed by atoms with van der Waals surface area (Å²) >= 11 is 0. The summed E-state index contributed by atoms with van der Waals surface area (Å²) in [6, 6.07) is 26.6. The Hall–Kier alpha value is -5.58. The maximum atomic E-state index is 13.1. The Morgan fingerprint density at radius 1 is 0.927 bits per heavy atom. The van der Waals surface area contributed by atoms with E-state index in [2.05, 4.69) is 15.5 Å². The number of halogens is 3. The van der Waals surface area contributed by atoms with Crippen LogP contribution in [-0.4, -0.2) is 22.0 Å². The van der Waals surface area contributed by atoms with Gasteiger partial charge in [-0.15, -0.1) is 0 Å². The van der Waals surface area contributed by atoms with Crippen LogP contribution in [0.25, 0.3) is 22.2 Å². The number of hydrazone groups is 1. The number of hydrogen-bond donors (Lipinski definition) is 1. The van der Waals surface area contributed by atoms with E-state index in [4.69, 9.17) is 4.74 Å². The number of amides is 1. The molecule has 8 nitrogen and oxygen atoms in total. The normalized spacial score (nSPS) is 11.5. The zero-order chi connectivity index (χ0) is 29.0. The van der Waals surface area contributed by atoms with Gasteiger partial charge in [0.2, 0.25) is 5.75 Å². The second-order valence-electron chi connectivity index (χ2n) is 8.75. The van der Waals surface area contributed by atoms with Crippen LogP contribution < -0.4 is 10.2 Å². The second kappa shape index (κ2) is 11.3. The summed E-state index contributed by atoms with van der Waals surface area (Å²) in [5.41, 5.74) is 3.67. The molecule has 0 saturated heterocycles. The van der Waals surface area contributed by atoms with Crippen molar-refractivity contribution in [1.29, 1.82) is 0 Å². The van der Waals surface area contributed by atoms with Crippen molar-refractivity contribution >= 4 is 28.7 Å². The van der Waals surface area contributed by atoms with Crippen LogP contribution >= 0.6 is 0 Å². The third-order valence-electron chi connectivity index (χ3n) is 6.00. The van der Waals surface area contributed by atoms with Crippen molar-refractivity contribution in [3.8, 4) is 22.8 Å². The number of fused-ring (bicyclic) bond motifs is 1. The quantitative estimate of drug-likeness (QED) is 0.128. The van der Waals surface area contributed by atoms with Crippen molar-refractivity contribution in [2.24, 2.45) is 5.10 Å². The maximum Gasteiger partial charge on any atom is 0.416 e. The highest BCUT2D eigenvalue weighted by molar-refractivity contribution is 6.07. The van der Waals surface area contributed by atoms with Gasteiger partial charge in [-0.05, 0) is 54.1 Å². The first-order valence-electron chi connectivity index (χ1n) is 12.1. The molecule has 4 aromatic carbocycles. The molecule has 0 bridgehead atoms. The van der Waals surface area contributed by atoms with Gasteiger partial charge in [-0.2, -0.15) is 18.3 Å². The maximum absolute atomic E-state index is 13.1. The fraction of sp³-hybridized carbons (Fsp3) is 0.0333. The zero-order valence-electron chi connectivity index (χ0n) is 21.0. The molecule has 0 aliphatic rings. The van der Waals surface area contributed by atoms with Gasteiger partial charge >= 0.3 is 11.9 Å². The van der Waals surface area contributed by atoms with Gasteiger partial charge in [0, 0.05) is 17.0 Å². The number of para-hydroxylation sites is 1. The molecule has 1 amide bonds. The summed E-state index contributed by atoms with van der Waals surface area (Å²) in [5.74, 6) is -0.617. The highest BCUT2D eigenvalue weighted by Gasteiger charge is 2.33. The van der Waals surface area contributed by atoms with Gasteiger partial charge in [0.25, 0.3) is 5.91 Å². The number of benzene rings is 4. The molecule has 0 aliphatic heterocycles. The summed E-state index contributed by atoms with van der Waals surface area (Å²) in [6.07, 6.45) is -3.34. The molecule has 41 heavy (non-hydrogen) atoms. The first-order chi connectivity index (χ1) is 19.7. The number of nitrogens with one attached hydrogen (secondary N) is 1. The summed E-state index contributed by atoms with van der Waals surface area (Å²) in [4.78, 5) is 28.1. The number of alkyl halides is 3. The molecular formula is C30H19F3N4O4. The average molecular weight is 557 g/mol. The predicted molar refractivity (Wildman–Crippen MR) is 147 cm³/mol. The molecule has 0 spiro atoms. The van der Waals surface area contributed by atoms with Gasteiger partial charge in [-0.25, -0.2) is 10.4 Å². The van der Waals surface area contributed by atoms with Crippen molar-refractivity contribution in [2.75, 3.05) is 0 Å². The van der Waals surface area contributed by atoms with Crippen molar-refractivity contribution in [2.45, 2.75) is 6.18 Å². The lowest BCUT2D eigenvalue weighted by molar-refractivity contribution is -0.385. The summed E-state index contributed by atoms with van der Waals surface area (Å²) in [6.45, 7) is 0. The molecule has 1 aromatic heterocycles. The first kappa shape index (κ1) is 27.0. The van der Waals surface area contributed by atoms with Gasteiger partial charge in [0.1, 0.15) is 5.75 Å². The number of nitro benzene ring substituents is 1. The average Bonchev–Trinajstić information content (AvgIpc) is 2.97. The van der Waals surface area contributed by atoms with E-state index in [1.54, 1.807) is 24.3 Å². The second-order valence-corrected chi connectivity index (χ2v) is 8.75. The van der Waals surface area contributed by atoms with Crippen LogP contribution in [0.15, 0.2) is 108 Å². The number of nitrogens with zero attached hydrogens (tertiary/aromatic N) is 3. The number of carbonyl (C=O) groups excluding carboxylic acids is 1. The van der Waals surface area contributed by atoms with Crippen LogP contribution in [0.4, 0.5) is 18.9 Å². The monoisotopic (exact) mass is 556 g/mol. The number of nitro groups is 1. The molecule has 0 saturated carbocycles. The Kier molecular flexibility index (Phi) is 7.42. The number of hydrogen-bond acceptors (Lipinski definition) is 6. The van der Waals surface area contributed by atoms with Crippen molar-refractivity contribution < 1.29 is 27.6 Å². The number of pyridine rings is 1. The minimum absolute atomic E-state index is 0.158. The van der Waals surface area contributed by atoms with E-state index in [1.165, 1.54) is 18.3 Å². The van der Waals surface area contributed by atoms with Gasteiger partial charge < -0.3 is 4.74 Å². The topological polar surface area (TPSA) is 107 Å². The van der Waals surface area contributed by atoms with E-state index in [0.717, 1.165) is 11.6 Å². The first-order valence-corrected chi connectivity index (χ1v) is 12.1. The summed E-state index contributed by atoms with van der Waals surface area (Å²) in [7, 11) is 0. The molecule has 11 heteroatoms. The third-order valence-corrected chi connectivity index (χ3v) is 6.00. The van der Waals surface area contributed by atoms with Crippen LogP contribution in [0.3, 0.4) is 0 Å². The van der Waals surface area contributed by atoms with E-state index in [1.807, 2.05) is 48.5 Å².